The minimum Gasteiger partial charge on any atom is -0.284 e. The summed E-state index contributed by atoms with van der Waals surface area (Å²) in [4.78, 5) is 21.4. The zero-order valence-electron chi connectivity index (χ0n) is 20.3. The van der Waals surface area contributed by atoms with Crippen molar-refractivity contribution < 1.29 is 13.0 Å². The van der Waals surface area contributed by atoms with E-state index in [4.69, 9.17) is 11.6 Å². The molecule has 0 N–H and O–H groups in total. The average molecular weight is 530 g/mol. The van der Waals surface area contributed by atoms with E-state index in [9.17, 15) is 9.00 Å². The molecule has 0 aliphatic carbocycles. The number of aryl methyl sites for hydroxylation is 1. The molecule has 2 unspecified atom stereocenters. The zero-order chi connectivity index (χ0) is 26.4. The number of halogens is 3. The largest absolute Gasteiger partial charge is 0.284 e. The van der Waals surface area contributed by atoms with Crippen LogP contribution in [0.4, 0.5) is 8.78 Å². The van der Waals surface area contributed by atoms with Gasteiger partial charge in [0, 0.05) is 35.6 Å². The van der Waals surface area contributed by atoms with Crippen molar-refractivity contribution in [3.63, 3.8) is 0 Å². The Morgan fingerprint density at radius 3 is 2.67 bits per heavy atom. The highest BCUT2D eigenvalue weighted by Gasteiger charge is 2.21. The number of pyridine rings is 2. The number of rotatable bonds is 8. The first-order valence-electron chi connectivity index (χ1n) is 11.2. The lowest BCUT2D eigenvalue weighted by molar-refractivity contribution is 0.591. The molecule has 0 aliphatic heterocycles. The first-order valence-corrected chi connectivity index (χ1v) is 13.1. The van der Waals surface area contributed by atoms with Gasteiger partial charge < -0.3 is 0 Å². The molecule has 1 aromatic carbocycles. The lowest BCUT2D eigenvalue weighted by atomic mass is 9.96. The third-order valence-corrected chi connectivity index (χ3v) is 6.84. The molecule has 9 heteroatoms. The average Bonchev–Trinajstić information content (AvgIpc) is 2.85. The molecule has 0 aliphatic rings. The fourth-order valence-corrected chi connectivity index (χ4v) is 4.67. The van der Waals surface area contributed by atoms with Crippen molar-refractivity contribution in [1.29, 1.82) is 0 Å². The van der Waals surface area contributed by atoms with Crippen LogP contribution in [0.1, 0.15) is 42.3 Å². The normalized spacial score (nSPS) is 14.3. The van der Waals surface area contributed by atoms with E-state index >= 15 is 8.78 Å². The van der Waals surface area contributed by atoms with Gasteiger partial charge in [-0.05, 0) is 62.1 Å². The molecule has 0 saturated heterocycles. The minimum absolute atomic E-state index is 0.0328. The van der Waals surface area contributed by atoms with Crippen molar-refractivity contribution in [1.82, 2.24) is 9.55 Å². The van der Waals surface area contributed by atoms with Crippen molar-refractivity contribution in [3.05, 3.63) is 110 Å². The summed E-state index contributed by atoms with van der Waals surface area (Å²) in [7, 11) is -1.62. The maximum Gasteiger partial charge on any atom is 0.273 e. The summed E-state index contributed by atoms with van der Waals surface area (Å²) in [5.41, 5.74) is 0.804. The number of aromatic nitrogens is 2. The number of aliphatic imine (C=N–C) groups is 1. The Balaban J connectivity index is 2.07. The van der Waals surface area contributed by atoms with Crippen molar-refractivity contribution >= 4 is 34.3 Å². The maximum atomic E-state index is 15.6. The molecule has 2 heterocycles. The molecule has 3 rings (SSSR count). The van der Waals surface area contributed by atoms with E-state index in [2.05, 4.69) is 9.98 Å². The number of benzene rings is 1. The molecule has 3 aromatic rings. The highest BCUT2D eigenvalue weighted by Crippen LogP contribution is 2.26. The fraction of sp³-hybridized carbons (Fsp3) is 0.222. The van der Waals surface area contributed by atoms with E-state index in [1.54, 1.807) is 32.2 Å². The second-order valence-electron chi connectivity index (χ2n) is 8.17. The van der Waals surface area contributed by atoms with Crippen LogP contribution in [0.15, 0.2) is 81.4 Å². The quantitative estimate of drug-likeness (QED) is 0.325. The third kappa shape index (κ3) is 6.12. The fourth-order valence-electron chi connectivity index (χ4n) is 3.71. The van der Waals surface area contributed by atoms with Crippen LogP contribution >= 0.6 is 11.6 Å². The minimum atomic E-state index is -1.62. The summed E-state index contributed by atoms with van der Waals surface area (Å²) in [5, 5.41) is -0.0328. The van der Waals surface area contributed by atoms with Crippen LogP contribution < -0.4 is 5.56 Å². The van der Waals surface area contributed by atoms with Gasteiger partial charge in [0.2, 0.25) is 0 Å². The van der Waals surface area contributed by atoms with Crippen LogP contribution in [0.3, 0.4) is 0 Å². The van der Waals surface area contributed by atoms with Crippen LogP contribution in [0.25, 0.3) is 6.20 Å². The smallest absolute Gasteiger partial charge is 0.273 e. The molecule has 2 atom stereocenters. The second kappa shape index (κ2) is 12.1. The molecule has 2 aromatic heterocycles. The van der Waals surface area contributed by atoms with E-state index in [0.717, 1.165) is 16.5 Å². The predicted octanol–water partition coefficient (Wildman–Crippen LogP) is 6.22. The molecule has 0 amide bonds. The SMILES string of the molecule is C/C=C/N=C(/C(F)=C/n1c(C)cc(C(C)Cc2ccccn2)c(Cl)c1=O)c1cccc(S(C)=O)c1F. The van der Waals surface area contributed by atoms with Crippen LogP contribution in [-0.2, 0) is 17.2 Å². The molecule has 5 nitrogen and oxygen atoms in total. The standard InChI is InChI=1S/C27H26ClF2N3O2S/c1-5-12-32-26(20-10-8-11-23(25(20)30)36(4)35)22(29)16-33-18(3)15-21(24(28)27(33)34)17(2)14-19-9-6-7-13-31-19/h5-13,15-17H,14H2,1-4H3/b12-5+,22-16-,32-26+. The number of nitrogens with zero attached hydrogens (tertiary/aromatic N) is 3. The van der Waals surface area contributed by atoms with Gasteiger partial charge in [0.05, 0.1) is 21.9 Å². The molecular formula is C27H26ClF2N3O2S. The van der Waals surface area contributed by atoms with Crippen molar-refractivity contribution in [2.45, 2.75) is 38.0 Å². The summed E-state index contributed by atoms with van der Waals surface area (Å²) in [6.07, 6.45) is 7.40. The van der Waals surface area contributed by atoms with Crippen molar-refractivity contribution in [3.8, 4) is 0 Å². The van der Waals surface area contributed by atoms with E-state index in [0.29, 0.717) is 17.7 Å². The summed E-state index contributed by atoms with van der Waals surface area (Å²) in [6.45, 7) is 5.27. The van der Waals surface area contributed by atoms with Crippen molar-refractivity contribution in [2.75, 3.05) is 6.26 Å². The summed E-state index contributed by atoms with van der Waals surface area (Å²) in [5.74, 6) is -1.91. The van der Waals surface area contributed by atoms with E-state index in [-0.39, 0.29) is 27.1 Å². The lowest BCUT2D eigenvalue weighted by Crippen LogP contribution is -2.22. The maximum absolute atomic E-state index is 15.6. The van der Waals surface area contributed by atoms with E-state index in [1.807, 2.05) is 25.1 Å². The molecule has 0 bridgehead atoms. The number of allylic oxidation sites excluding steroid dienone is 2. The molecule has 0 fully saturated rings. The van der Waals surface area contributed by atoms with Crippen molar-refractivity contribution in [2.24, 2.45) is 4.99 Å². The van der Waals surface area contributed by atoms with Gasteiger partial charge in [-0.3, -0.25) is 23.5 Å². The monoisotopic (exact) mass is 529 g/mol. The van der Waals surface area contributed by atoms with Crippen LogP contribution in [0.5, 0.6) is 0 Å². The van der Waals surface area contributed by atoms with Gasteiger partial charge in [-0.1, -0.05) is 36.7 Å². The molecule has 188 valence electrons. The summed E-state index contributed by atoms with van der Waals surface area (Å²) >= 11 is 6.44. The Morgan fingerprint density at radius 1 is 1.28 bits per heavy atom. The topological polar surface area (TPSA) is 64.3 Å². The Kier molecular flexibility index (Phi) is 9.23. The first kappa shape index (κ1) is 27.4. The highest BCUT2D eigenvalue weighted by molar-refractivity contribution is 7.84. The van der Waals surface area contributed by atoms with Gasteiger partial charge in [-0.15, -0.1) is 0 Å². The highest BCUT2D eigenvalue weighted by atomic mass is 35.5. The van der Waals surface area contributed by atoms with Gasteiger partial charge in [0.15, 0.2) is 5.83 Å². The van der Waals surface area contributed by atoms with Crippen LogP contribution in [0.2, 0.25) is 5.02 Å². The number of hydrogen-bond acceptors (Lipinski definition) is 4. The van der Waals surface area contributed by atoms with Gasteiger partial charge in [-0.25, -0.2) is 8.78 Å². The van der Waals surface area contributed by atoms with Gasteiger partial charge >= 0.3 is 0 Å². The van der Waals surface area contributed by atoms with Crippen LogP contribution in [-0.4, -0.2) is 25.7 Å². The molecule has 0 spiro atoms. The zero-order valence-corrected chi connectivity index (χ0v) is 21.9. The first-order chi connectivity index (χ1) is 17.1. The van der Waals surface area contributed by atoms with Gasteiger partial charge in [0.25, 0.3) is 5.56 Å². The number of hydrogen-bond donors (Lipinski definition) is 0. The molecule has 0 radical (unpaired) electrons. The second-order valence-corrected chi connectivity index (χ2v) is 9.89. The lowest BCUT2D eigenvalue weighted by Gasteiger charge is -2.16. The summed E-state index contributed by atoms with van der Waals surface area (Å²) in [6, 6.07) is 11.5. The van der Waals surface area contributed by atoms with Gasteiger partial charge in [-0.2, -0.15) is 0 Å². The molecule has 0 saturated carbocycles. The Hall–Kier alpha value is -3.23. The molecule has 36 heavy (non-hydrogen) atoms. The predicted molar refractivity (Wildman–Crippen MR) is 142 cm³/mol. The molecular weight excluding hydrogens is 504 g/mol. The van der Waals surface area contributed by atoms with Crippen LogP contribution in [0, 0.1) is 12.7 Å². The Morgan fingerprint density at radius 2 is 2.03 bits per heavy atom. The summed E-state index contributed by atoms with van der Waals surface area (Å²) < 4.78 is 43.6. The van der Waals surface area contributed by atoms with E-state index < -0.39 is 28.0 Å². The Labute approximate surface area is 216 Å². The van der Waals surface area contributed by atoms with Gasteiger partial charge in [0.1, 0.15) is 16.6 Å². The van der Waals surface area contributed by atoms with E-state index in [1.165, 1.54) is 30.7 Å². The third-order valence-electron chi connectivity index (χ3n) is 5.53. The Bertz CT molecular complexity index is 1430.